The molecule has 0 spiro atoms. The number of amides is 1. The largest absolute Gasteiger partial charge is 0.481 e. The molecule has 0 atom stereocenters. The van der Waals surface area contributed by atoms with Gasteiger partial charge in [-0.1, -0.05) is 23.0 Å². The van der Waals surface area contributed by atoms with Crippen molar-refractivity contribution in [3.63, 3.8) is 0 Å². The number of rotatable bonds is 5. The molecule has 0 bridgehead atoms. The number of anilines is 1. The van der Waals surface area contributed by atoms with E-state index in [2.05, 4.69) is 14.9 Å². The molecule has 7 heteroatoms. The summed E-state index contributed by atoms with van der Waals surface area (Å²) in [6.07, 6.45) is 2.05. The molecule has 2 N–H and O–H groups in total. The van der Waals surface area contributed by atoms with Gasteiger partial charge in [-0.3, -0.25) is 9.59 Å². The Kier molecular flexibility index (Phi) is 3.89. The van der Waals surface area contributed by atoms with Crippen molar-refractivity contribution in [2.75, 3.05) is 5.32 Å². The van der Waals surface area contributed by atoms with Crippen molar-refractivity contribution in [1.29, 1.82) is 0 Å². The number of carbonyl (C=O) groups is 2. The smallest absolute Gasteiger partial charge is 0.310 e. The van der Waals surface area contributed by atoms with Crippen LogP contribution in [0.5, 0.6) is 0 Å². The van der Waals surface area contributed by atoms with Crippen molar-refractivity contribution < 1.29 is 14.7 Å². The van der Waals surface area contributed by atoms with E-state index >= 15 is 0 Å². The first-order valence-corrected chi connectivity index (χ1v) is 7.83. The Morgan fingerprint density at radius 3 is 2.50 bits per heavy atom. The molecule has 1 aliphatic rings. The normalized spacial score (nSPS) is 15.8. The lowest BCUT2D eigenvalue weighted by atomic mass is 9.66. The molecule has 1 aromatic heterocycles. The fourth-order valence-electron chi connectivity index (χ4n) is 2.60. The summed E-state index contributed by atoms with van der Waals surface area (Å²) in [5.41, 5.74) is 1.50. The molecule has 22 heavy (non-hydrogen) atoms. The highest BCUT2D eigenvalue weighted by Gasteiger charge is 2.45. The second-order valence-corrected chi connectivity index (χ2v) is 6.14. The summed E-state index contributed by atoms with van der Waals surface area (Å²) in [5.74, 6) is -1.13. The van der Waals surface area contributed by atoms with Crippen molar-refractivity contribution in [2.24, 2.45) is 5.41 Å². The van der Waals surface area contributed by atoms with Crippen molar-refractivity contribution in [2.45, 2.75) is 25.7 Å². The monoisotopic (exact) mass is 317 g/mol. The minimum atomic E-state index is -0.875. The van der Waals surface area contributed by atoms with E-state index in [1.165, 1.54) is 11.5 Å². The van der Waals surface area contributed by atoms with Crippen LogP contribution in [0.1, 0.15) is 25.7 Å². The summed E-state index contributed by atoms with van der Waals surface area (Å²) in [6, 6.07) is 7.26. The van der Waals surface area contributed by atoms with Crippen molar-refractivity contribution in [3.8, 4) is 11.3 Å². The Hall–Kier alpha value is -2.28. The predicted molar refractivity (Wildman–Crippen MR) is 82.5 cm³/mol. The van der Waals surface area contributed by atoms with Gasteiger partial charge in [0.2, 0.25) is 5.91 Å². The summed E-state index contributed by atoms with van der Waals surface area (Å²) < 4.78 is 3.81. The molecule has 1 saturated carbocycles. The zero-order valence-corrected chi connectivity index (χ0v) is 12.6. The van der Waals surface area contributed by atoms with Gasteiger partial charge in [0.05, 0.1) is 5.41 Å². The fraction of sp³-hybridized carbons (Fsp3) is 0.333. The lowest BCUT2D eigenvalue weighted by Gasteiger charge is -2.36. The highest BCUT2D eigenvalue weighted by Crippen LogP contribution is 2.44. The van der Waals surface area contributed by atoms with Gasteiger partial charge >= 0.3 is 5.97 Å². The number of nitrogens with one attached hydrogen (secondary N) is 1. The number of carboxylic acids is 1. The Balaban J connectivity index is 1.63. The van der Waals surface area contributed by atoms with E-state index in [1.54, 1.807) is 12.1 Å². The van der Waals surface area contributed by atoms with Crippen LogP contribution in [0.3, 0.4) is 0 Å². The van der Waals surface area contributed by atoms with Gasteiger partial charge in [0.15, 0.2) is 0 Å². The molecule has 1 fully saturated rings. The van der Waals surface area contributed by atoms with Crippen molar-refractivity contribution in [1.82, 2.24) is 9.59 Å². The Bertz CT molecular complexity index is 679. The minimum absolute atomic E-state index is 0.0279. The van der Waals surface area contributed by atoms with Gasteiger partial charge in [-0.05, 0) is 36.5 Å². The molecular weight excluding hydrogens is 302 g/mol. The van der Waals surface area contributed by atoms with Crippen LogP contribution >= 0.6 is 11.5 Å². The molecule has 0 unspecified atom stereocenters. The summed E-state index contributed by atoms with van der Waals surface area (Å²) in [4.78, 5) is 23.3. The lowest BCUT2D eigenvalue weighted by molar-refractivity contribution is -0.157. The molecule has 6 nitrogen and oxygen atoms in total. The fourth-order valence-corrected chi connectivity index (χ4v) is 3.06. The van der Waals surface area contributed by atoms with Gasteiger partial charge < -0.3 is 10.4 Å². The highest BCUT2D eigenvalue weighted by molar-refractivity contribution is 7.03. The molecule has 3 rings (SSSR count). The first-order chi connectivity index (χ1) is 10.6. The van der Waals surface area contributed by atoms with Gasteiger partial charge in [-0.15, -0.1) is 5.10 Å². The quantitative estimate of drug-likeness (QED) is 0.884. The number of hydrogen-bond acceptors (Lipinski definition) is 5. The van der Waals surface area contributed by atoms with E-state index < -0.39 is 11.4 Å². The molecule has 0 aliphatic heterocycles. The molecule has 1 aliphatic carbocycles. The van der Waals surface area contributed by atoms with Crippen LogP contribution in [-0.4, -0.2) is 26.6 Å². The SMILES string of the molecule is O=C(CC1(C(=O)O)CCC1)Nc1ccc(-c2csnn2)cc1. The number of nitrogens with zero attached hydrogens (tertiary/aromatic N) is 2. The number of carboxylic acid groups (broad SMARTS) is 1. The third-order valence-electron chi connectivity index (χ3n) is 4.09. The standard InChI is InChI=1S/C15H15N3O3S/c19-13(8-15(14(20)21)6-1-7-15)16-11-4-2-10(3-5-11)12-9-22-18-17-12/h2-5,9H,1,6-8H2,(H,16,19)(H,20,21). The van der Waals surface area contributed by atoms with Gasteiger partial charge in [0.25, 0.3) is 0 Å². The molecule has 0 radical (unpaired) electrons. The number of hydrogen-bond donors (Lipinski definition) is 2. The van der Waals surface area contributed by atoms with E-state index in [4.69, 9.17) is 0 Å². The maximum Gasteiger partial charge on any atom is 0.310 e. The Morgan fingerprint density at radius 1 is 1.27 bits per heavy atom. The molecule has 1 heterocycles. The van der Waals surface area contributed by atoms with Crippen LogP contribution in [-0.2, 0) is 9.59 Å². The van der Waals surface area contributed by atoms with Crippen LogP contribution in [0.4, 0.5) is 5.69 Å². The molecular formula is C15H15N3O3S. The molecule has 1 amide bonds. The second-order valence-electron chi connectivity index (χ2n) is 5.53. The van der Waals surface area contributed by atoms with E-state index in [-0.39, 0.29) is 12.3 Å². The van der Waals surface area contributed by atoms with Gasteiger partial charge in [0.1, 0.15) is 5.69 Å². The van der Waals surface area contributed by atoms with E-state index in [9.17, 15) is 14.7 Å². The third kappa shape index (κ3) is 2.85. The Labute approximate surface area is 131 Å². The summed E-state index contributed by atoms with van der Waals surface area (Å²) in [7, 11) is 0. The zero-order chi connectivity index (χ0) is 15.6. The highest BCUT2D eigenvalue weighted by atomic mass is 32.1. The van der Waals surface area contributed by atoms with Crippen LogP contribution in [0.2, 0.25) is 0 Å². The molecule has 2 aromatic rings. The maximum atomic E-state index is 12.0. The average molecular weight is 317 g/mol. The van der Waals surface area contributed by atoms with Gasteiger partial charge in [0, 0.05) is 23.1 Å². The van der Waals surface area contributed by atoms with Gasteiger partial charge in [-0.25, -0.2) is 0 Å². The number of benzene rings is 1. The summed E-state index contributed by atoms with van der Waals surface area (Å²) in [6.45, 7) is 0. The van der Waals surface area contributed by atoms with E-state index in [0.717, 1.165) is 17.7 Å². The lowest BCUT2D eigenvalue weighted by Crippen LogP contribution is -2.41. The number of aromatic nitrogens is 2. The third-order valence-corrected chi connectivity index (χ3v) is 4.59. The van der Waals surface area contributed by atoms with E-state index in [1.807, 2.05) is 17.5 Å². The van der Waals surface area contributed by atoms with Crippen LogP contribution < -0.4 is 5.32 Å². The first-order valence-electron chi connectivity index (χ1n) is 7.00. The van der Waals surface area contributed by atoms with E-state index in [0.29, 0.717) is 18.5 Å². The van der Waals surface area contributed by atoms with Crippen molar-refractivity contribution >= 4 is 29.1 Å². The van der Waals surface area contributed by atoms with Gasteiger partial charge in [-0.2, -0.15) is 0 Å². The number of aliphatic carboxylic acids is 1. The van der Waals surface area contributed by atoms with Crippen LogP contribution in [0, 0.1) is 5.41 Å². The first kappa shape index (κ1) is 14.6. The zero-order valence-electron chi connectivity index (χ0n) is 11.8. The minimum Gasteiger partial charge on any atom is -0.481 e. The molecule has 0 saturated heterocycles. The van der Waals surface area contributed by atoms with Crippen LogP contribution in [0.15, 0.2) is 29.6 Å². The second kappa shape index (κ2) is 5.84. The molecule has 114 valence electrons. The van der Waals surface area contributed by atoms with Crippen LogP contribution in [0.25, 0.3) is 11.3 Å². The predicted octanol–water partition coefficient (Wildman–Crippen LogP) is 2.79. The molecule has 1 aromatic carbocycles. The Morgan fingerprint density at radius 2 is 2.00 bits per heavy atom. The topological polar surface area (TPSA) is 92.2 Å². The summed E-state index contributed by atoms with van der Waals surface area (Å²) >= 11 is 1.28. The van der Waals surface area contributed by atoms with Crippen molar-refractivity contribution in [3.05, 3.63) is 29.6 Å². The maximum absolute atomic E-state index is 12.0. The summed E-state index contributed by atoms with van der Waals surface area (Å²) in [5, 5.41) is 17.8. The average Bonchev–Trinajstić information content (AvgIpc) is 2.97. The number of carbonyl (C=O) groups excluding carboxylic acids is 1.